The molecule has 10 amide bonds. The maximum absolute atomic E-state index is 14.1. The van der Waals surface area contributed by atoms with Crippen LogP contribution < -0.4 is 37.2 Å². The van der Waals surface area contributed by atoms with Crippen LogP contribution in [0.2, 0.25) is 0 Å². The van der Waals surface area contributed by atoms with E-state index in [1.54, 1.807) is 30.9 Å². The van der Waals surface area contributed by atoms with Gasteiger partial charge in [0, 0.05) is 131 Å². The number of aliphatic carboxylic acids is 1. The molecule has 2 heterocycles. The highest BCUT2D eigenvalue weighted by Gasteiger charge is 2.42. The van der Waals surface area contributed by atoms with Crippen LogP contribution in [0.25, 0.3) is 0 Å². The van der Waals surface area contributed by atoms with Gasteiger partial charge in [0.1, 0.15) is 31.9 Å². The van der Waals surface area contributed by atoms with Crippen molar-refractivity contribution >= 4 is 89.4 Å². The maximum Gasteiger partial charge on any atom is 0.328 e. The number of rotatable bonds is 82. The number of aliphatic hydroxyl groups is 5. The number of methoxy groups -OCH3 is 3. The number of hydrogen-bond donors (Lipinski definition) is 13. The van der Waals surface area contributed by atoms with Crippen LogP contribution in [0.4, 0.5) is 0 Å². The average molecular weight is 1950 g/mol. The van der Waals surface area contributed by atoms with E-state index in [-0.39, 0.29) is 225 Å². The van der Waals surface area contributed by atoms with Crippen LogP contribution in [-0.2, 0) is 154 Å². The molecule has 1 aromatic rings. The number of likely N-dealkylation sites (tertiary alicyclic amines) is 1. The Hall–Kier alpha value is -9.47. The highest BCUT2D eigenvalue weighted by atomic mass is 16.7. The van der Waals surface area contributed by atoms with E-state index in [0.717, 1.165) is 29.0 Å². The molecule has 16 unspecified atom stereocenters. The fourth-order valence-electron chi connectivity index (χ4n) is 13.8. The Morgan fingerprint density at radius 3 is 1.54 bits per heavy atom. The fraction of sp³-hybridized carbons (Fsp3) is 0.744. The van der Waals surface area contributed by atoms with Crippen LogP contribution in [-0.4, -0.2) is 382 Å². The first-order valence-electron chi connectivity index (χ1n) is 46.3. The molecule has 46 nitrogen and oxygen atoms in total. The number of esters is 4. The van der Waals surface area contributed by atoms with Gasteiger partial charge in [-0.1, -0.05) is 64.4 Å². The van der Waals surface area contributed by atoms with Crippen LogP contribution in [0.15, 0.2) is 42.5 Å². The molecule has 0 radical (unpaired) electrons. The molecule has 1 fully saturated rings. The Bertz CT molecular complexity index is 3670. The zero-order valence-corrected chi connectivity index (χ0v) is 79.5. The van der Waals surface area contributed by atoms with Crippen molar-refractivity contribution in [3.05, 3.63) is 48.0 Å². The largest absolute Gasteiger partial charge is 0.481 e. The number of carbonyl (C=O) groups is 15. The molecule has 1 aromatic carbocycles. The molecule has 3 rings (SSSR count). The van der Waals surface area contributed by atoms with Gasteiger partial charge in [0.05, 0.1) is 147 Å². The quantitative estimate of drug-likeness (QED) is 0.00916. The van der Waals surface area contributed by atoms with E-state index in [1.807, 2.05) is 32.0 Å². The van der Waals surface area contributed by atoms with Gasteiger partial charge in [-0.3, -0.25) is 72.0 Å². The van der Waals surface area contributed by atoms with E-state index in [9.17, 15) is 97.5 Å². The lowest BCUT2D eigenvalue weighted by molar-refractivity contribution is -0.229. The highest BCUT2D eigenvalue weighted by Crippen LogP contribution is 2.29. The van der Waals surface area contributed by atoms with E-state index >= 15 is 0 Å². The Morgan fingerprint density at radius 2 is 1.01 bits per heavy atom. The third kappa shape index (κ3) is 51.8. The van der Waals surface area contributed by atoms with Crippen LogP contribution in [0, 0.1) is 11.8 Å². The molecule has 1 saturated heterocycles. The molecule has 13 N–H and O–H groups in total. The normalized spacial score (nSPS) is 16.4. The summed E-state index contributed by atoms with van der Waals surface area (Å²) in [6.07, 6.45) is -6.72. The molecule has 0 saturated carbocycles. The zero-order valence-electron chi connectivity index (χ0n) is 79.5. The first-order chi connectivity index (χ1) is 65.4. The Morgan fingerprint density at radius 1 is 0.500 bits per heavy atom. The number of carboxylic acid groups (broad SMARTS) is 1. The molecule has 0 aromatic heterocycles. The van der Waals surface area contributed by atoms with Gasteiger partial charge < -0.3 is 149 Å². The number of hydrogen-bond acceptors (Lipinski definition) is 36. The second-order valence-electron chi connectivity index (χ2n) is 32.0. The van der Waals surface area contributed by atoms with E-state index in [0.29, 0.717) is 32.2 Å². The molecule has 774 valence electrons. The number of imide groups is 1. The van der Waals surface area contributed by atoms with E-state index in [1.165, 1.54) is 28.3 Å². The van der Waals surface area contributed by atoms with Crippen molar-refractivity contribution in [2.45, 2.75) is 255 Å². The Labute approximate surface area is 793 Å². The monoisotopic (exact) mass is 1950 g/mol. The molecular formula is C90H147N9O37. The van der Waals surface area contributed by atoms with Crippen LogP contribution in [0.1, 0.15) is 169 Å². The first kappa shape index (κ1) is 121. The first-order valence-corrected chi connectivity index (χ1v) is 46.3. The van der Waals surface area contributed by atoms with E-state index in [4.69, 9.17) is 80.9 Å². The summed E-state index contributed by atoms with van der Waals surface area (Å²) in [5, 5.41) is 78.6. The lowest BCUT2D eigenvalue weighted by Crippen LogP contribution is -2.54. The number of carbonyl (C=O) groups excluding carboxylic acids is 14. The standard InChI is InChI=1S/C90H147N9O37/c1-9-60(3)86(95-59-105)70(121-6)50-77(112)98-39-17-21-69(98)87(123-8)61(4)88(118)97-68(49-63-19-12-11-13-20-63)89(119)94-35-18-41-129-90(120)62(5)96-74(109)23-15-26-79(115)130-56-83(122-7)134-65(52-101)32-44-127-84(136-67(54-103)33-45-128-85(58-132-81(117)27-16-24-78(113)114)135-66(53-102)31-43-126-82(55-104)133-64(10-2)51-100)57-131-80(116)25-14-22-71(106)91-36-37-92-73(108)34-42-124-47-48-125-46-38-93-72(107)30-40-99-75(110)28-29-76(99)111/h11-13,19-20,28-29,59-62,64-70,82-87,100-104H,9-10,14-18,21-27,30-58H2,1-8H3,(H,91,106)(H,92,108)(H,93,107)(H,94,119)(H,95,105)(H,96,109)(H,97,118)(H,113,114). The minimum absolute atomic E-state index is 0.00764. The zero-order chi connectivity index (χ0) is 100. The summed E-state index contributed by atoms with van der Waals surface area (Å²) in [6, 6.07) is 6.01. The van der Waals surface area contributed by atoms with Gasteiger partial charge in [-0.25, -0.2) is 4.79 Å². The van der Waals surface area contributed by atoms with Crippen molar-refractivity contribution in [3.8, 4) is 0 Å². The van der Waals surface area contributed by atoms with Gasteiger partial charge in [-0.05, 0) is 82.6 Å². The fourth-order valence-corrected chi connectivity index (χ4v) is 13.8. The summed E-state index contributed by atoms with van der Waals surface area (Å²) in [5.41, 5.74) is 0.762. The van der Waals surface area contributed by atoms with Gasteiger partial charge in [0.2, 0.25) is 47.8 Å². The predicted molar refractivity (Wildman–Crippen MR) is 478 cm³/mol. The molecule has 0 spiro atoms. The van der Waals surface area contributed by atoms with Gasteiger partial charge in [-0.2, -0.15) is 0 Å². The van der Waals surface area contributed by atoms with Gasteiger partial charge in [-0.15, -0.1) is 0 Å². The molecule has 16 atom stereocenters. The summed E-state index contributed by atoms with van der Waals surface area (Å²) >= 11 is 0. The van der Waals surface area contributed by atoms with Crippen molar-refractivity contribution in [1.29, 1.82) is 0 Å². The average Bonchev–Trinajstić information content (AvgIpc) is 1.67. The van der Waals surface area contributed by atoms with Crippen LogP contribution >= 0.6 is 0 Å². The molecule has 2 aliphatic heterocycles. The Balaban J connectivity index is 1.54. The van der Waals surface area contributed by atoms with Crippen LogP contribution in [0.3, 0.4) is 0 Å². The highest BCUT2D eigenvalue weighted by molar-refractivity contribution is 6.13. The number of carboxylic acids is 1. The molecule has 0 aliphatic carbocycles. The SMILES string of the molecule is CCC(CO)OC(CO)OCCC(CO)OC(COC(=O)CCCC(=O)O)OCCC(CO)OC(COC(=O)CCCC(=O)NCCNC(=O)CCOCCOCCNC(=O)CCN1C(=O)C=CC1=O)OCCC(CO)OC(COC(=O)CCCC(=O)NC(C)C(=O)OCCCNC(=O)C(Cc1ccccc1)NC(=O)C(C)C(OC)C1CCCN1C(=O)CC(OC)C(NC=O)C(C)CC)OC. The molecule has 2 aliphatic rings. The van der Waals surface area contributed by atoms with Crippen molar-refractivity contribution in [2.24, 2.45) is 11.8 Å². The van der Waals surface area contributed by atoms with Crippen LogP contribution in [0.5, 0.6) is 0 Å². The third-order valence-corrected chi connectivity index (χ3v) is 21.7. The number of amides is 10. The van der Waals surface area contributed by atoms with Crippen molar-refractivity contribution in [1.82, 2.24) is 47.0 Å². The minimum atomic E-state index is -1.45. The number of aliphatic hydroxyl groups excluding tert-OH is 5. The second kappa shape index (κ2) is 72.8. The lowest BCUT2D eigenvalue weighted by Gasteiger charge is -2.36. The van der Waals surface area contributed by atoms with Crippen molar-refractivity contribution < 1.29 is 178 Å². The summed E-state index contributed by atoms with van der Waals surface area (Å²) in [7, 11) is 4.20. The smallest absolute Gasteiger partial charge is 0.328 e. The maximum atomic E-state index is 14.1. The summed E-state index contributed by atoms with van der Waals surface area (Å²) < 4.78 is 90.3. The topological polar surface area (TPSA) is 616 Å². The summed E-state index contributed by atoms with van der Waals surface area (Å²) in [5.74, 6) is -8.97. The van der Waals surface area contributed by atoms with Crippen molar-refractivity contribution in [2.75, 3.05) is 166 Å². The molecule has 46 heteroatoms. The van der Waals surface area contributed by atoms with E-state index in [2.05, 4.69) is 37.2 Å². The van der Waals surface area contributed by atoms with Gasteiger partial charge in [0.25, 0.3) is 11.8 Å². The lowest BCUT2D eigenvalue weighted by atomic mass is 9.91. The number of nitrogens with one attached hydrogen (secondary N) is 7. The Kier molecular flexibility index (Phi) is 64.6. The third-order valence-electron chi connectivity index (χ3n) is 21.7. The van der Waals surface area contributed by atoms with E-state index < -0.39 is 203 Å². The molecule has 136 heavy (non-hydrogen) atoms. The van der Waals surface area contributed by atoms with Gasteiger partial charge in [0.15, 0.2) is 25.2 Å². The predicted octanol–water partition coefficient (Wildman–Crippen LogP) is -1.13. The molecule has 0 bridgehead atoms. The number of nitrogens with zero attached hydrogens (tertiary/aromatic N) is 2. The number of ether oxygens (including phenoxy) is 16. The second-order valence-corrected chi connectivity index (χ2v) is 32.0. The minimum Gasteiger partial charge on any atom is -0.481 e. The van der Waals surface area contributed by atoms with Gasteiger partial charge >= 0.3 is 29.8 Å². The number of benzene rings is 1. The molecular weight excluding hydrogens is 1800 g/mol. The summed E-state index contributed by atoms with van der Waals surface area (Å²) in [6.45, 7) is 4.76. The summed E-state index contributed by atoms with van der Waals surface area (Å²) in [4.78, 5) is 192. The van der Waals surface area contributed by atoms with Crippen molar-refractivity contribution in [3.63, 3.8) is 0 Å².